The average Bonchev–Trinajstić information content (AvgIpc) is 2.65. The summed E-state index contributed by atoms with van der Waals surface area (Å²) in [6, 6.07) is 14.3. The first-order valence-electron chi connectivity index (χ1n) is 7.92. The average molecular weight is 358 g/mol. The first-order valence-corrected chi connectivity index (χ1v) is 7.92. The number of carbonyl (C=O) groups is 2. The zero-order valence-corrected chi connectivity index (χ0v) is 14.1. The van der Waals surface area contributed by atoms with E-state index >= 15 is 0 Å². The Hall–Kier alpha value is -3.42. The van der Waals surface area contributed by atoms with Crippen LogP contribution >= 0.6 is 0 Å². The predicted octanol–water partition coefficient (Wildman–Crippen LogP) is 2.93. The van der Waals surface area contributed by atoms with Gasteiger partial charge in [-0.2, -0.15) is 0 Å². The van der Waals surface area contributed by atoms with E-state index in [2.05, 4.69) is 5.32 Å². The van der Waals surface area contributed by atoms with Crippen molar-refractivity contribution >= 4 is 23.3 Å². The molecule has 0 radical (unpaired) electrons. The van der Waals surface area contributed by atoms with E-state index in [1.165, 1.54) is 24.3 Å². The summed E-state index contributed by atoms with van der Waals surface area (Å²) in [4.78, 5) is 34.1. The molecule has 2 aromatic rings. The van der Waals surface area contributed by atoms with Gasteiger partial charge in [0.1, 0.15) is 5.75 Å². The van der Waals surface area contributed by atoms with Gasteiger partial charge >= 0.3 is 5.97 Å². The number of esters is 1. The molecule has 0 aromatic heterocycles. The zero-order chi connectivity index (χ0) is 18.9. The minimum atomic E-state index is -0.831. The summed E-state index contributed by atoms with van der Waals surface area (Å²) >= 11 is 0. The lowest BCUT2D eigenvalue weighted by Gasteiger charge is -2.16. The number of amides is 1. The molecule has 0 heterocycles. The Morgan fingerprint density at radius 1 is 1.15 bits per heavy atom. The van der Waals surface area contributed by atoms with Gasteiger partial charge in [0.15, 0.2) is 12.7 Å². The Morgan fingerprint density at radius 3 is 2.54 bits per heavy atom. The fraction of sp³-hybridized carbons (Fsp3) is 0.222. The minimum Gasteiger partial charge on any atom is -0.479 e. The Morgan fingerprint density at radius 2 is 1.88 bits per heavy atom. The van der Waals surface area contributed by atoms with Gasteiger partial charge in [-0.05, 0) is 24.6 Å². The SMILES string of the molecule is CC[C@H](Oc1ccccc1)C(=O)OCC(=O)Nc1cccc([N+](=O)[O-])c1. The summed E-state index contributed by atoms with van der Waals surface area (Å²) in [6.45, 7) is 1.24. The maximum atomic E-state index is 12.1. The number of nitrogens with zero attached hydrogens (tertiary/aromatic N) is 1. The maximum Gasteiger partial charge on any atom is 0.347 e. The molecule has 1 N–H and O–H groups in total. The molecule has 2 aromatic carbocycles. The Balaban J connectivity index is 1.86. The molecule has 26 heavy (non-hydrogen) atoms. The molecule has 2 rings (SSSR count). The molecule has 0 aliphatic carbocycles. The zero-order valence-electron chi connectivity index (χ0n) is 14.1. The van der Waals surface area contributed by atoms with Crippen LogP contribution in [0.15, 0.2) is 54.6 Å². The molecule has 8 heteroatoms. The standard InChI is InChI=1S/C18H18N2O6/c1-2-16(26-15-9-4-3-5-10-15)18(22)25-12-17(21)19-13-7-6-8-14(11-13)20(23)24/h3-11,16H,2,12H2,1H3,(H,19,21)/t16-/m0/s1. The van der Waals surface area contributed by atoms with Gasteiger partial charge in [-0.25, -0.2) is 4.79 Å². The monoisotopic (exact) mass is 358 g/mol. The second kappa shape index (κ2) is 9.16. The highest BCUT2D eigenvalue weighted by molar-refractivity contribution is 5.93. The van der Waals surface area contributed by atoms with Crippen molar-refractivity contribution in [1.82, 2.24) is 0 Å². The van der Waals surface area contributed by atoms with Crippen molar-refractivity contribution in [3.05, 3.63) is 64.7 Å². The quantitative estimate of drug-likeness (QED) is 0.441. The number of nitrogens with one attached hydrogen (secondary N) is 1. The topological polar surface area (TPSA) is 108 Å². The molecule has 0 saturated heterocycles. The highest BCUT2D eigenvalue weighted by Gasteiger charge is 2.21. The second-order valence-corrected chi connectivity index (χ2v) is 5.29. The third-order valence-corrected chi connectivity index (χ3v) is 3.34. The van der Waals surface area contributed by atoms with Crippen molar-refractivity contribution in [2.75, 3.05) is 11.9 Å². The largest absolute Gasteiger partial charge is 0.479 e. The third-order valence-electron chi connectivity index (χ3n) is 3.34. The molecule has 0 bridgehead atoms. The van der Waals surface area contributed by atoms with Crippen LogP contribution in [-0.4, -0.2) is 29.5 Å². The molecule has 0 saturated carbocycles. The number of hydrogen-bond donors (Lipinski definition) is 1. The van der Waals surface area contributed by atoms with Gasteiger partial charge in [-0.1, -0.05) is 31.2 Å². The number of hydrogen-bond acceptors (Lipinski definition) is 6. The first kappa shape index (κ1) is 18.9. The number of ether oxygens (including phenoxy) is 2. The third kappa shape index (κ3) is 5.59. The van der Waals surface area contributed by atoms with Gasteiger partial charge in [-0.15, -0.1) is 0 Å². The van der Waals surface area contributed by atoms with Crippen molar-refractivity contribution in [3.8, 4) is 5.75 Å². The van der Waals surface area contributed by atoms with E-state index < -0.39 is 29.5 Å². The van der Waals surface area contributed by atoms with Gasteiger partial charge in [0.25, 0.3) is 11.6 Å². The van der Waals surface area contributed by atoms with Crippen LogP contribution in [0.25, 0.3) is 0 Å². The second-order valence-electron chi connectivity index (χ2n) is 5.29. The lowest BCUT2D eigenvalue weighted by atomic mass is 10.2. The highest BCUT2D eigenvalue weighted by atomic mass is 16.6. The number of rotatable bonds is 8. The van der Waals surface area contributed by atoms with Crippen molar-refractivity contribution in [1.29, 1.82) is 0 Å². The van der Waals surface area contributed by atoms with Crippen LogP contribution in [0.3, 0.4) is 0 Å². The Labute approximate surface area is 149 Å². The molecule has 8 nitrogen and oxygen atoms in total. The lowest BCUT2D eigenvalue weighted by molar-refractivity contribution is -0.384. The summed E-state index contributed by atoms with van der Waals surface area (Å²) in [5, 5.41) is 13.2. The predicted molar refractivity (Wildman–Crippen MR) is 93.8 cm³/mol. The highest BCUT2D eigenvalue weighted by Crippen LogP contribution is 2.17. The van der Waals surface area contributed by atoms with Crippen molar-refractivity contribution in [2.24, 2.45) is 0 Å². The van der Waals surface area contributed by atoms with Gasteiger partial charge in [0.05, 0.1) is 4.92 Å². The number of non-ortho nitro benzene ring substituents is 1. The van der Waals surface area contributed by atoms with Crippen LogP contribution < -0.4 is 10.1 Å². The van der Waals surface area contributed by atoms with Crippen molar-refractivity contribution in [2.45, 2.75) is 19.4 Å². The minimum absolute atomic E-state index is 0.151. The number of nitro groups is 1. The summed E-state index contributed by atoms with van der Waals surface area (Å²) in [5.41, 5.74) is 0.0925. The van der Waals surface area contributed by atoms with E-state index in [9.17, 15) is 19.7 Å². The van der Waals surface area contributed by atoms with Crippen LogP contribution in [0.4, 0.5) is 11.4 Å². The van der Waals surface area contributed by atoms with Gasteiger partial charge < -0.3 is 14.8 Å². The van der Waals surface area contributed by atoms with Crippen LogP contribution in [0.1, 0.15) is 13.3 Å². The maximum absolute atomic E-state index is 12.1. The van der Waals surface area contributed by atoms with Crippen LogP contribution in [0.5, 0.6) is 5.75 Å². The molecule has 0 aliphatic heterocycles. The summed E-state index contributed by atoms with van der Waals surface area (Å²) in [6.07, 6.45) is -0.455. The summed E-state index contributed by atoms with van der Waals surface area (Å²) in [7, 11) is 0. The molecule has 0 fully saturated rings. The van der Waals surface area contributed by atoms with Crippen LogP contribution in [0.2, 0.25) is 0 Å². The lowest BCUT2D eigenvalue weighted by Crippen LogP contribution is -2.31. The fourth-order valence-electron chi connectivity index (χ4n) is 2.09. The molecule has 0 unspecified atom stereocenters. The molecule has 1 amide bonds. The summed E-state index contributed by atoms with van der Waals surface area (Å²) < 4.78 is 10.5. The van der Waals surface area contributed by atoms with E-state index in [1.54, 1.807) is 31.2 Å². The molecule has 1 atom stereocenters. The smallest absolute Gasteiger partial charge is 0.347 e. The van der Waals surface area contributed by atoms with Gasteiger partial charge in [0, 0.05) is 17.8 Å². The molecule has 0 aliphatic rings. The van der Waals surface area contributed by atoms with Crippen LogP contribution in [0, 0.1) is 10.1 Å². The number of para-hydroxylation sites is 1. The van der Waals surface area contributed by atoms with E-state index in [4.69, 9.17) is 9.47 Å². The Kier molecular flexibility index (Phi) is 6.67. The molecular weight excluding hydrogens is 340 g/mol. The van der Waals surface area contributed by atoms with E-state index in [1.807, 2.05) is 6.07 Å². The number of anilines is 1. The normalized spacial score (nSPS) is 11.3. The van der Waals surface area contributed by atoms with Crippen molar-refractivity contribution in [3.63, 3.8) is 0 Å². The number of benzene rings is 2. The van der Waals surface area contributed by atoms with Crippen molar-refractivity contribution < 1.29 is 24.0 Å². The molecule has 136 valence electrons. The van der Waals surface area contributed by atoms with E-state index in [-0.39, 0.29) is 11.4 Å². The first-order chi connectivity index (χ1) is 12.5. The van der Waals surface area contributed by atoms with Gasteiger partial charge in [-0.3, -0.25) is 14.9 Å². The number of carbonyl (C=O) groups excluding carboxylic acids is 2. The Bertz CT molecular complexity index is 778. The molecule has 0 spiro atoms. The van der Waals surface area contributed by atoms with E-state index in [0.29, 0.717) is 12.2 Å². The fourth-order valence-corrected chi connectivity index (χ4v) is 2.09. The molecular formula is C18H18N2O6. The van der Waals surface area contributed by atoms with E-state index in [0.717, 1.165) is 0 Å². The van der Waals surface area contributed by atoms with Gasteiger partial charge in [0.2, 0.25) is 0 Å². The number of nitro benzene ring substituents is 1. The summed E-state index contributed by atoms with van der Waals surface area (Å²) in [5.74, 6) is -0.740. The van der Waals surface area contributed by atoms with Crippen LogP contribution in [-0.2, 0) is 14.3 Å².